The minimum absolute atomic E-state index is 0.143. The van der Waals surface area contributed by atoms with Crippen molar-refractivity contribution >= 4 is 21.4 Å². The lowest BCUT2D eigenvalue weighted by Gasteiger charge is -2.18. The second-order valence-electron chi connectivity index (χ2n) is 4.54. The van der Waals surface area contributed by atoms with Crippen LogP contribution in [0.25, 0.3) is 0 Å². The van der Waals surface area contributed by atoms with E-state index < -0.39 is 27.2 Å². The molecule has 1 unspecified atom stereocenters. The molecule has 0 saturated carbocycles. The van der Waals surface area contributed by atoms with E-state index in [0.29, 0.717) is 12.3 Å². The van der Waals surface area contributed by atoms with Crippen LogP contribution in [-0.2, 0) is 18.4 Å². The molecule has 0 aromatic heterocycles. The van der Waals surface area contributed by atoms with Crippen molar-refractivity contribution in [3.63, 3.8) is 0 Å². The van der Waals surface area contributed by atoms with Gasteiger partial charge in [0.1, 0.15) is 0 Å². The second kappa shape index (κ2) is 10.4. The van der Waals surface area contributed by atoms with E-state index in [0.717, 1.165) is 6.42 Å². The van der Waals surface area contributed by atoms with Gasteiger partial charge in [-0.15, -0.1) is 0 Å². The van der Waals surface area contributed by atoms with Gasteiger partial charge in [-0.2, -0.15) is 0 Å². The van der Waals surface area contributed by atoms with Crippen LogP contribution in [-0.4, -0.2) is 43.0 Å². The van der Waals surface area contributed by atoms with E-state index in [4.69, 9.17) is 30.4 Å². The maximum Gasteiger partial charge on any atom is 0.470 e. The monoisotopic (exact) mass is 351 g/mol. The highest BCUT2D eigenvalue weighted by molar-refractivity contribution is 7.53. The zero-order valence-corrected chi connectivity index (χ0v) is 13.6. The molecule has 0 aliphatic rings. The number of phosphoric acid groups is 1. The number of phosphoric ester groups is 1. The number of carbonyl (C=O) groups is 1. The van der Waals surface area contributed by atoms with Crippen molar-refractivity contribution in [2.24, 2.45) is 11.7 Å². The molecular formula is C9H23NO9P2. The maximum absolute atomic E-state index is 10.6. The number of carboxylic acid groups (broad SMARTS) is 1. The first-order chi connectivity index (χ1) is 9.29. The second-order valence-corrected chi connectivity index (χ2v) is 7.49. The standard InChI is InChI=1S/C6H12O2.C3H11NO7P2/c1-5(2)3-4-6(7)8;4-2-1-3(12(5,6)7)11-13(8,9)10/h5H,3-4H2,1-2H3,(H,7,8);3H,1-2,4H2,(H2,5,6,7)(H2,8,9,10). The van der Waals surface area contributed by atoms with Gasteiger partial charge in [-0.1, -0.05) is 13.8 Å². The summed E-state index contributed by atoms with van der Waals surface area (Å²) < 4.78 is 24.7. The first kappa shape index (κ1) is 23.0. The zero-order valence-electron chi connectivity index (χ0n) is 11.8. The third-order valence-corrected chi connectivity index (χ3v) is 3.79. The largest absolute Gasteiger partial charge is 0.481 e. The van der Waals surface area contributed by atoms with Gasteiger partial charge < -0.3 is 30.4 Å². The SMILES string of the molecule is CC(C)CCC(=O)O.NCCC(OP(=O)(O)O)P(=O)(O)O. The minimum atomic E-state index is -4.90. The third-order valence-electron chi connectivity index (χ3n) is 1.98. The number of hydrogen-bond acceptors (Lipinski definition) is 5. The summed E-state index contributed by atoms with van der Waals surface area (Å²) in [5, 5.41) is 8.16. The van der Waals surface area contributed by atoms with E-state index in [9.17, 15) is 13.9 Å². The van der Waals surface area contributed by atoms with E-state index in [1.807, 2.05) is 13.8 Å². The molecule has 0 spiro atoms. The predicted molar refractivity (Wildman–Crippen MR) is 74.3 cm³/mol. The molecule has 128 valence electrons. The molecule has 0 saturated heterocycles. The van der Waals surface area contributed by atoms with Gasteiger partial charge in [0.15, 0.2) is 5.85 Å². The Balaban J connectivity index is 0. The molecule has 0 fully saturated rings. The molecule has 7 N–H and O–H groups in total. The Kier molecular flexibility index (Phi) is 11.4. The molecule has 0 aliphatic heterocycles. The first-order valence-corrected chi connectivity index (χ1v) is 9.21. The third kappa shape index (κ3) is 17.6. The molecule has 0 radical (unpaired) electrons. The summed E-state index contributed by atoms with van der Waals surface area (Å²) >= 11 is 0. The zero-order chi connectivity index (χ0) is 17.3. The van der Waals surface area contributed by atoms with Crippen LogP contribution in [0.1, 0.15) is 33.1 Å². The highest BCUT2D eigenvalue weighted by Gasteiger charge is 2.34. The van der Waals surface area contributed by atoms with Gasteiger partial charge in [-0.3, -0.25) is 13.9 Å². The van der Waals surface area contributed by atoms with Crippen LogP contribution in [0.4, 0.5) is 0 Å². The molecule has 0 aromatic carbocycles. The lowest BCUT2D eigenvalue weighted by atomic mass is 10.1. The molecule has 0 aliphatic carbocycles. The van der Waals surface area contributed by atoms with Gasteiger partial charge in [0, 0.05) is 6.42 Å². The molecule has 0 aromatic rings. The topological polar surface area (TPSA) is 188 Å². The van der Waals surface area contributed by atoms with Crippen molar-refractivity contribution in [2.45, 2.75) is 39.0 Å². The number of aliphatic carboxylic acids is 1. The average molecular weight is 351 g/mol. The van der Waals surface area contributed by atoms with Crippen molar-refractivity contribution < 1.29 is 43.1 Å². The lowest BCUT2D eigenvalue weighted by Crippen LogP contribution is -2.16. The number of rotatable bonds is 8. The molecule has 12 heteroatoms. The highest BCUT2D eigenvalue weighted by atomic mass is 31.2. The fourth-order valence-electron chi connectivity index (χ4n) is 0.996. The van der Waals surface area contributed by atoms with E-state index in [1.54, 1.807) is 0 Å². The molecular weight excluding hydrogens is 328 g/mol. The van der Waals surface area contributed by atoms with Crippen LogP contribution in [0.3, 0.4) is 0 Å². The van der Waals surface area contributed by atoms with E-state index in [-0.39, 0.29) is 13.0 Å². The van der Waals surface area contributed by atoms with Crippen molar-refractivity contribution in [1.29, 1.82) is 0 Å². The van der Waals surface area contributed by atoms with Crippen molar-refractivity contribution in [3.05, 3.63) is 0 Å². The Morgan fingerprint density at radius 1 is 1.14 bits per heavy atom. The normalized spacial score (nSPS) is 13.5. The first-order valence-electron chi connectivity index (χ1n) is 6.00. The molecule has 0 amide bonds. The molecule has 21 heavy (non-hydrogen) atoms. The van der Waals surface area contributed by atoms with Gasteiger partial charge in [-0.25, -0.2) is 4.57 Å². The number of hydrogen-bond donors (Lipinski definition) is 6. The van der Waals surface area contributed by atoms with E-state index >= 15 is 0 Å². The Morgan fingerprint density at radius 2 is 1.62 bits per heavy atom. The summed E-state index contributed by atoms with van der Waals surface area (Å²) in [5.41, 5.74) is 4.97. The molecule has 0 rings (SSSR count). The molecule has 10 nitrogen and oxygen atoms in total. The lowest BCUT2D eigenvalue weighted by molar-refractivity contribution is -0.137. The Bertz CT molecular complexity index is 389. The summed E-state index contributed by atoms with van der Waals surface area (Å²) in [6.07, 6.45) is 0.766. The van der Waals surface area contributed by atoms with Gasteiger partial charge in [0.05, 0.1) is 0 Å². The Morgan fingerprint density at radius 3 is 1.81 bits per heavy atom. The van der Waals surface area contributed by atoms with E-state index in [2.05, 4.69) is 4.52 Å². The van der Waals surface area contributed by atoms with Gasteiger partial charge in [0.2, 0.25) is 0 Å². The van der Waals surface area contributed by atoms with Crippen molar-refractivity contribution in [2.75, 3.05) is 6.54 Å². The highest BCUT2D eigenvalue weighted by Crippen LogP contribution is 2.51. The number of nitrogens with two attached hydrogens (primary N) is 1. The van der Waals surface area contributed by atoms with Gasteiger partial charge in [-0.05, 0) is 25.3 Å². The fourth-order valence-corrected chi connectivity index (χ4v) is 2.76. The number of carboxylic acids is 1. The quantitative estimate of drug-likeness (QED) is 0.335. The van der Waals surface area contributed by atoms with Crippen molar-refractivity contribution in [3.8, 4) is 0 Å². The van der Waals surface area contributed by atoms with Crippen LogP contribution in [0.5, 0.6) is 0 Å². The van der Waals surface area contributed by atoms with Crippen LogP contribution in [0.2, 0.25) is 0 Å². The van der Waals surface area contributed by atoms with E-state index in [1.165, 1.54) is 0 Å². The van der Waals surface area contributed by atoms with Crippen LogP contribution < -0.4 is 5.73 Å². The van der Waals surface area contributed by atoms with Crippen LogP contribution in [0.15, 0.2) is 0 Å². The fraction of sp³-hybridized carbons (Fsp3) is 0.889. The summed E-state index contributed by atoms with van der Waals surface area (Å²) in [7, 11) is -9.58. The Hall–Kier alpha value is -0.310. The average Bonchev–Trinajstić information content (AvgIpc) is 2.23. The summed E-state index contributed by atoms with van der Waals surface area (Å²) in [6, 6.07) is 0. The predicted octanol–water partition coefficient (Wildman–Crippen LogP) is 0.455. The van der Waals surface area contributed by atoms with Crippen molar-refractivity contribution in [1.82, 2.24) is 0 Å². The molecule has 0 bridgehead atoms. The van der Waals surface area contributed by atoms with Gasteiger partial charge in [0.25, 0.3) is 0 Å². The van der Waals surface area contributed by atoms with Crippen LogP contribution >= 0.6 is 15.4 Å². The minimum Gasteiger partial charge on any atom is -0.481 e. The summed E-state index contributed by atoms with van der Waals surface area (Å²) in [4.78, 5) is 43.6. The Labute approximate surface area is 122 Å². The summed E-state index contributed by atoms with van der Waals surface area (Å²) in [6.45, 7) is 3.89. The maximum atomic E-state index is 10.6. The molecule has 1 atom stereocenters. The summed E-state index contributed by atoms with van der Waals surface area (Å²) in [5.74, 6) is -2.04. The smallest absolute Gasteiger partial charge is 0.470 e. The van der Waals surface area contributed by atoms with Gasteiger partial charge >= 0.3 is 21.4 Å². The molecule has 0 heterocycles. The van der Waals surface area contributed by atoms with Crippen LogP contribution in [0, 0.1) is 5.92 Å².